The zero-order valence-electron chi connectivity index (χ0n) is 9.57. The maximum atomic E-state index is 11.2. The fourth-order valence-electron chi connectivity index (χ4n) is 1.49. The second-order valence-corrected chi connectivity index (χ2v) is 4.04. The summed E-state index contributed by atoms with van der Waals surface area (Å²) in [5.74, 6) is -0.659. The quantitative estimate of drug-likeness (QED) is 0.821. The first-order valence-electron chi connectivity index (χ1n) is 4.98. The van der Waals surface area contributed by atoms with Crippen molar-refractivity contribution in [3.05, 3.63) is 29.3 Å². The predicted octanol–water partition coefficient (Wildman–Crippen LogP) is 2.19. The van der Waals surface area contributed by atoms with Crippen molar-refractivity contribution in [2.75, 3.05) is 7.11 Å². The Balaban J connectivity index is 3.18. The van der Waals surface area contributed by atoms with Crippen LogP contribution in [0.1, 0.15) is 23.4 Å². The van der Waals surface area contributed by atoms with Gasteiger partial charge in [0.1, 0.15) is 11.1 Å². The van der Waals surface area contributed by atoms with Crippen LogP contribution in [-0.2, 0) is 16.0 Å². The van der Waals surface area contributed by atoms with Crippen molar-refractivity contribution in [3.63, 3.8) is 0 Å². The molecule has 0 aliphatic rings. The van der Waals surface area contributed by atoms with Crippen LogP contribution in [0.25, 0.3) is 0 Å². The van der Waals surface area contributed by atoms with E-state index in [1.54, 1.807) is 18.2 Å². The molecule has 0 saturated heterocycles. The Morgan fingerprint density at radius 1 is 1.47 bits per heavy atom. The number of halogens is 1. The molecule has 1 rings (SSSR count). The summed E-state index contributed by atoms with van der Waals surface area (Å²) in [5, 5.41) is 7.98. The van der Waals surface area contributed by atoms with Gasteiger partial charge >= 0.3 is 5.97 Å². The van der Waals surface area contributed by atoms with Crippen LogP contribution in [-0.4, -0.2) is 24.0 Å². The fourth-order valence-corrected chi connectivity index (χ4v) is 1.70. The van der Waals surface area contributed by atoms with Crippen molar-refractivity contribution in [1.29, 1.82) is 0 Å². The number of carboxylic acids is 1. The Hall–Kier alpha value is -1.55. The van der Waals surface area contributed by atoms with Crippen molar-refractivity contribution in [1.82, 2.24) is 0 Å². The van der Waals surface area contributed by atoms with E-state index in [0.717, 1.165) is 0 Å². The molecule has 0 amide bonds. The first-order chi connectivity index (χ1) is 7.95. The van der Waals surface area contributed by atoms with Crippen LogP contribution in [0, 0.1) is 0 Å². The molecule has 0 aliphatic heterocycles. The van der Waals surface area contributed by atoms with Crippen molar-refractivity contribution in [3.8, 4) is 5.75 Å². The summed E-state index contributed by atoms with van der Waals surface area (Å²) in [7, 11) is 1.49. The highest BCUT2D eigenvalue weighted by molar-refractivity contribution is 6.30. The SMILES string of the molecule is COc1ccc(C(Cl)C(C)=O)c(CC(=O)O)c1. The van der Waals surface area contributed by atoms with E-state index >= 15 is 0 Å². The van der Waals surface area contributed by atoms with E-state index in [4.69, 9.17) is 21.4 Å². The summed E-state index contributed by atoms with van der Waals surface area (Å²) < 4.78 is 5.01. The number of hydrogen-bond donors (Lipinski definition) is 1. The molecule has 5 heteroatoms. The molecule has 4 nitrogen and oxygen atoms in total. The van der Waals surface area contributed by atoms with Gasteiger partial charge in [-0.25, -0.2) is 0 Å². The molecule has 1 N–H and O–H groups in total. The van der Waals surface area contributed by atoms with Gasteiger partial charge in [-0.1, -0.05) is 6.07 Å². The number of ketones is 1. The van der Waals surface area contributed by atoms with Gasteiger partial charge in [0.05, 0.1) is 13.5 Å². The molecule has 1 atom stereocenters. The lowest BCUT2D eigenvalue weighted by molar-refractivity contribution is -0.136. The normalized spacial score (nSPS) is 11.9. The van der Waals surface area contributed by atoms with Crippen LogP contribution in [0.3, 0.4) is 0 Å². The Morgan fingerprint density at radius 2 is 2.12 bits per heavy atom. The number of methoxy groups -OCH3 is 1. The third kappa shape index (κ3) is 3.46. The van der Waals surface area contributed by atoms with Crippen LogP contribution >= 0.6 is 11.6 Å². The molecule has 92 valence electrons. The third-order valence-electron chi connectivity index (χ3n) is 2.32. The monoisotopic (exact) mass is 256 g/mol. The van der Waals surface area contributed by atoms with E-state index in [1.165, 1.54) is 14.0 Å². The lowest BCUT2D eigenvalue weighted by Gasteiger charge is -2.12. The van der Waals surface area contributed by atoms with E-state index in [9.17, 15) is 9.59 Å². The standard InChI is InChI=1S/C12H13ClO4/c1-7(14)12(13)10-4-3-9(17-2)5-8(10)6-11(15)16/h3-5,12H,6H2,1-2H3,(H,15,16). The number of alkyl halides is 1. The maximum absolute atomic E-state index is 11.2. The zero-order valence-corrected chi connectivity index (χ0v) is 10.3. The highest BCUT2D eigenvalue weighted by Gasteiger charge is 2.18. The van der Waals surface area contributed by atoms with Crippen LogP contribution < -0.4 is 4.74 Å². The summed E-state index contributed by atoms with van der Waals surface area (Å²) in [4.78, 5) is 22.0. The Labute approximate surface area is 104 Å². The molecule has 0 aromatic heterocycles. The minimum Gasteiger partial charge on any atom is -0.497 e. The van der Waals surface area contributed by atoms with Gasteiger partial charge in [0, 0.05) is 0 Å². The van der Waals surface area contributed by atoms with E-state index in [-0.39, 0.29) is 12.2 Å². The number of benzene rings is 1. The van der Waals surface area contributed by atoms with Gasteiger partial charge in [0.25, 0.3) is 0 Å². The molecule has 0 heterocycles. The van der Waals surface area contributed by atoms with Crippen molar-refractivity contribution in [2.45, 2.75) is 18.7 Å². The first kappa shape index (κ1) is 13.5. The number of aliphatic carboxylic acids is 1. The topological polar surface area (TPSA) is 63.6 Å². The molecule has 17 heavy (non-hydrogen) atoms. The average molecular weight is 257 g/mol. The fraction of sp³-hybridized carbons (Fsp3) is 0.333. The second-order valence-electron chi connectivity index (χ2n) is 3.61. The Bertz CT molecular complexity index is 442. The van der Waals surface area contributed by atoms with Crippen molar-refractivity contribution < 1.29 is 19.4 Å². The van der Waals surface area contributed by atoms with Crippen molar-refractivity contribution >= 4 is 23.4 Å². The van der Waals surface area contributed by atoms with Crippen molar-refractivity contribution in [2.24, 2.45) is 0 Å². The van der Waals surface area contributed by atoms with E-state index in [2.05, 4.69) is 0 Å². The second kappa shape index (κ2) is 5.68. The lowest BCUT2D eigenvalue weighted by atomic mass is 9.99. The van der Waals surface area contributed by atoms with E-state index in [0.29, 0.717) is 16.9 Å². The molecular weight excluding hydrogens is 244 g/mol. The minimum atomic E-state index is -0.980. The number of Topliss-reactive ketones (excluding diaryl/α,β-unsaturated/α-hetero) is 1. The number of hydrogen-bond acceptors (Lipinski definition) is 3. The molecular formula is C12H13ClO4. The molecule has 0 saturated carbocycles. The molecule has 0 aliphatic carbocycles. The van der Waals surface area contributed by atoms with Gasteiger partial charge < -0.3 is 9.84 Å². The zero-order chi connectivity index (χ0) is 13.0. The van der Waals surface area contributed by atoms with Gasteiger partial charge in [-0.3, -0.25) is 9.59 Å². The predicted molar refractivity (Wildman–Crippen MR) is 63.6 cm³/mol. The third-order valence-corrected chi connectivity index (χ3v) is 2.86. The number of carbonyl (C=O) groups excluding carboxylic acids is 1. The smallest absolute Gasteiger partial charge is 0.307 e. The number of ether oxygens (including phenoxy) is 1. The van der Waals surface area contributed by atoms with Gasteiger partial charge in [0.2, 0.25) is 0 Å². The molecule has 0 spiro atoms. The Kier molecular flexibility index (Phi) is 4.52. The summed E-state index contributed by atoms with van der Waals surface area (Å²) in [6.07, 6.45) is -0.191. The van der Waals surface area contributed by atoms with Gasteiger partial charge in [-0.05, 0) is 30.2 Å². The van der Waals surface area contributed by atoms with E-state index < -0.39 is 11.3 Å². The highest BCUT2D eigenvalue weighted by Crippen LogP contribution is 2.28. The number of carbonyl (C=O) groups is 2. The molecule has 1 unspecified atom stereocenters. The highest BCUT2D eigenvalue weighted by atomic mass is 35.5. The van der Waals surface area contributed by atoms with Crippen LogP contribution in [0.5, 0.6) is 5.75 Å². The number of carboxylic acid groups (broad SMARTS) is 1. The molecule has 0 radical (unpaired) electrons. The summed E-state index contributed by atoms with van der Waals surface area (Å²) in [6, 6.07) is 4.86. The average Bonchev–Trinajstić information content (AvgIpc) is 2.27. The van der Waals surface area contributed by atoms with Crippen LogP contribution in [0.2, 0.25) is 0 Å². The summed E-state index contributed by atoms with van der Waals surface area (Å²) >= 11 is 5.94. The van der Waals surface area contributed by atoms with E-state index in [1.807, 2.05) is 0 Å². The maximum Gasteiger partial charge on any atom is 0.307 e. The Morgan fingerprint density at radius 3 is 2.59 bits per heavy atom. The molecule has 0 bridgehead atoms. The van der Waals surface area contributed by atoms with Crippen LogP contribution in [0.15, 0.2) is 18.2 Å². The number of rotatable bonds is 5. The molecule has 0 fully saturated rings. The summed E-state index contributed by atoms with van der Waals surface area (Å²) in [5.41, 5.74) is 1.01. The molecule has 1 aromatic carbocycles. The largest absolute Gasteiger partial charge is 0.497 e. The van der Waals surface area contributed by atoms with Gasteiger partial charge in [-0.15, -0.1) is 11.6 Å². The minimum absolute atomic E-state index is 0.191. The van der Waals surface area contributed by atoms with Gasteiger partial charge in [-0.2, -0.15) is 0 Å². The molecule has 1 aromatic rings. The van der Waals surface area contributed by atoms with Gasteiger partial charge in [0.15, 0.2) is 5.78 Å². The summed E-state index contributed by atoms with van der Waals surface area (Å²) in [6.45, 7) is 1.37. The van der Waals surface area contributed by atoms with Crippen LogP contribution in [0.4, 0.5) is 0 Å². The lowest BCUT2D eigenvalue weighted by Crippen LogP contribution is -2.09. The first-order valence-corrected chi connectivity index (χ1v) is 5.42.